The molecule has 0 amide bonds. The van der Waals surface area contributed by atoms with Crippen LogP contribution in [0.5, 0.6) is 0 Å². The fraction of sp³-hybridized carbons (Fsp3) is 0.222. The molecule has 0 fully saturated rings. The van der Waals surface area contributed by atoms with Crippen LogP contribution in [0.3, 0.4) is 0 Å². The molecule has 1 aliphatic rings. The van der Waals surface area contributed by atoms with Gasteiger partial charge in [-0.1, -0.05) is 42.9 Å². The summed E-state index contributed by atoms with van der Waals surface area (Å²) in [4.78, 5) is 0. The highest BCUT2D eigenvalue weighted by Crippen LogP contribution is 2.15. The molecule has 0 spiro atoms. The van der Waals surface area contributed by atoms with Crippen LogP contribution in [0.2, 0.25) is 13.1 Å². The van der Waals surface area contributed by atoms with E-state index >= 15 is 0 Å². The molecule has 1 heteroatoms. The second-order valence-electron chi connectivity index (χ2n) is 2.64. The third-order valence-electron chi connectivity index (χ3n) is 1.78. The van der Waals surface area contributed by atoms with Gasteiger partial charge in [-0.05, 0) is 6.42 Å². The van der Waals surface area contributed by atoms with Gasteiger partial charge in [0, 0.05) is 0 Å². The Bertz CT molecular complexity index is 177. The lowest BCUT2D eigenvalue weighted by Gasteiger charge is -2.04. The van der Waals surface area contributed by atoms with Crippen molar-refractivity contribution in [3.05, 3.63) is 42.8 Å². The van der Waals surface area contributed by atoms with E-state index in [-0.39, 0.29) is 0 Å². The monoisotopic (exact) mass is 131 g/mol. The Labute approximate surface area is 63.4 Å². The lowest BCUT2D eigenvalue weighted by Crippen LogP contribution is -2.08. The highest BCUT2D eigenvalue weighted by Gasteiger charge is 2.10. The summed E-state index contributed by atoms with van der Waals surface area (Å²) in [6.45, 7) is 6.56. The molecule has 0 bridgehead atoms. The molecule has 0 heterocycles. The third kappa shape index (κ3) is 1.63. The molecule has 10 heavy (non-hydrogen) atoms. The van der Waals surface area contributed by atoms with Crippen molar-refractivity contribution < 1.29 is 0 Å². The van der Waals surface area contributed by atoms with Crippen LogP contribution >= 0.6 is 0 Å². The third-order valence-corrected chi connectivity index (χ3v) is 1.78. The summed E-state index contributed by atoms with van der Waals surface area (Å²) >= 11 is 0. The first-order chi connectivity index (χ1) is 4.84. The number of allylic oxidation sites excluding steroid dienone is 5. The number of hydrogen-bond donors (Lipinski definition) is 0. The average Bonchev–Trinajstić information content (AvgIpc) is 2.38. The summed E-state index contributed by atoms with van der Waals surface area (Å²) in [7, 11) is 0. The highest BCUT2D eigenvalue weighted by molar-refractivity contribution is 6.66. The van der Waals surface area contributed by atoms with Crippen molar-refractivity contribution in [3.63, 3.8) is 0 Å². The van der Waals surface area contributed by atoms with E-state index in [1.807, 2.05) is 6.08 Å². The van der Waals surface area contributed by atoms with Crippen LogP contribution in [0.1, 0.15) is 0 Å². The number of hydrogen-bond acceptors (Lipinski definition) is 0. The Hall–Kier alpha value is -0.715. The smallest absolute Gasteiger partial charge is 0.104 e. The molecule has 1 aliphatic carbocycles. The zero-order chi connectivity index (χ0) is 7.40. The van der Waals surface area contributed by atoms with E-state index in [0.29, 0.717) is 6.71 Å². The van der Waals surface area contributed by atoms with Crippen molar-refractivity contribution in [2.24, 2.45) is 0 Å². The van der Waals surface area contributed by atoms with Crippen LogP contribution in [0.4, 0.5) is 0 Å². The maximum absolute atomic E-state index is 3.71. The molecule has 0 aromatic carbocycles. The van der Waals surface area contributed by atoms with Crippen LogP contribution in [-0.4, -0.2) is 6.71 Å². The first kappa shape index (κ1) is 7.39. The first-order valence-electron chi connectivity index (χ1n) is 3.67. The van der Waals surface area contributed by atoms with Gasteiger partial charge in [0.2, 0.25) is 0 Å². The van der Waals surface area contributed by atoms with Crippen molar-refractivity contribution in [1.29, 1.82) is 0 Å². The molecule has 0 nitrogen and oxygen atoms in total. The van der Waals surface area contributed by atoms with Crippen molar-refractivity contribution in [2.45, 2.75) is 13.1 Å². The van der Waals surface area contributed by atoms with Crippen LogP contribution in [0.25, 0.3) is 0 Å². The highest BCUT2D eigenvalue weighted by atomic mass is 13.9. The van der Waals surface area contributed by atoms with Gasteiger partial charge in [-0.25, -0.2) is 0 Å². The summed E-state index contributed by atoms with van der Waals surface area (Å²) in [5.41, 5.74) is 1.42. The van der Waals surface area contributed by atoms with Crippen LogP contribution in [0, 0.1) is 6.42 Å². The summed E-state index contributed by atoms with van der Waals surface area (Å²) in [6.07, 6.45) is 11.5. The summed E-state index contributed by atoms with van der Waals surface area (Å²) in [6, 6.07) is 0. The number of rotatable bonds is 3. The topological polar surface area (TPSA) is 0 Å². The molecule has 0 saturated heterocycles. The Morgan fingerprint density at radius 1 is 1.60 bits per heavy atom. The minimum atomic E-state index is 0.632. The Balaban J connectivity index is 2.42. The minimum absolute atomic E-state index is 0.632. The second kappa shape index (κ2) is 3.45. The van der Waals surface area contributed by atoms with Gasteiger partial charge in [-0.3, -0.25) is 0 Å². The maximum atomic E-state index is 3.71. The standard InChI is InChI=1S/C9H12B/c1-3-8-10(2)9-6-4-5-7-9/h3-7H,1,8H2,2H3. The summed E-state index contributed by atoms with van der Waals surface area (Å²) in [5.74, 6) is 0. The van der Waals surface area contributed by atoms with E-state index in [1.54, 1.807) is 0 Å². The van der Waals surface area contributed by atoms with Gasteiger partial charge in [0.05, 0.1) is 0 Å². The van der Waals surface area contributed by atoms with Gasteiger partial charge in [0.25, 0.3) is 0 Å². The molecule has 0 aromatic rings. The van der Waals surface area contributed by atoms with Gasteiger partial charge in [0.15, 0.2) is 6.71 Å². The molecule has 0 saturated carbocycles. The Morgan fingerprint density at radius 3 is 2.90 bits per heavy atom. The molecule has 1 rings (SSSR count). The molecule has 0 unspecified atom stereocenters. The average molecular weight is 131 g/mol. The van der Waals surface area contributed by atoms with Gasteiger partial charge in [-0.2, -0.15) is 0 Å². The van der Waals surface area contributed by atoms with E-state index < -0.39 is 0 Å². The Kier molecular flexibility index (Phi) is 2.55. The van der Waals surface area contributed by atoms with Crippen LogP contribution in [0.15, 0.2) is 36.4 Å². The summed E-state index contributed by atoms with van der Waals surface area (Å²) < 4.78 is 0. The lowest BCUT2D eigenvalue weighted by atomic mass is 9.44. The predicted octanol–water partition coefficient (Wildman–Crippen LogP) is 2.54. The second-order valence-corrected chi connectivity index (χ2v) is 2.64. The summed E-state index contributed by atoms with van der Waals surface area (Å²) in [5, 5.41) is 0. The minimum Gasteiger partial charge on any atom is -0.104 e. The van der Waals surface area contributed by atoms with E-state index in [0.717, 1.165) is 6.32 Å². The lowest BCUT2D eigenvalue weighted by molar-refractivity contribution is 1.59. The van der Waals surface area contributed by atoms with E-state index in [1.165, 1.54) is 5.47 Å². The van der Waals surface area contributed by atoms with Gasteiger partial charge in [0.1, 0.15) is 0 Å². The molecule has 1 radical (unpaired) electrons. The quantitative estimate of drug-likeness (QED) is 0.407. The van der Waals surface area contributed by atoms with Crippen molar-refractivity contribution in [3.8, 4) is 0 Å². The molecule has 0 atom stereocenters. The SMILES string of the molecule is C=CCB(C)C1=CC=C[CH]1. The van der Waals surface area contributed by atoms with Crippen LogP contribution < -0.4 is 0 Å². The van der Waals surface area contributed by atoms with Crippen LogP contribution in [-0.2, 0) is 0 Å². The molecule has 51 valence electrons. The van der Waals surface area contributed by atoms with E-state index in [9.17, 15) is 0 Å². The first-order valence-corrected chi connectivity index (χ1v) is 3.67. The molecular formula is C9H12B. The normalized spacial score (nSPS) is 15.1. The largest absolute Gasteiger partial charge is 0.172 e. The molecule has 0 N–H and O–H groups in total. The van der Waals surface area contributed by atoms with Crippen molar-refractivity contribution in [2.75, 3.05) is 0 Å². The zero-order valence-corrected chi connectivity index (χ0v) is 6.38. The zero-order valence-electron chi connectivity index (χ0n) is 6.38. The fourth-order valence-corrected chi connectivity index (χ4v) is 1.10. The maximum Gasteiger partial charge on any atom is 0.172 e. The molecule has 0 aliphatic heterocycles. The molecule has 0 aromatic heterocycles. The fourth-order valence-electron chi connectivity index (χ4n) is 1.10. The van der Waals surface area contributed by atoms with E-state index in [4.69, 9.17) is 0 Å². The van der Waals surface area contributed by atoms with E-state index in [2.05, 4.69) is 38.1 Å². The van der Waals surface area contributed by atoms with Gasteiger partial charge in [-0.15, -0.1) is 6.58 Å². The van der Waals surface area contributed by atoms with Crippen molar-refractivity contribution >= 4 is 6.71 Å². The van der Waals surface area contributed by atoms with Gasteiger partial charge >= 0.3 is 0 Å². The van der Waals surface area contributed by atoms with Crippen molar-refractivity contribution in [1.82, 2.24) is 0 Å². The Morgan fingerprint density at radius 2 is 2.40 bits per heavy atom. The van der Waals surface area contributed by atoms with Gasteiger partial charge < -0.3 is 0 Å². The predicted molar refractivity (Wildman–Crippen MR) is 48.1 cm³/mol. The molecular weight excluding hydrogens is 119 g/mol.